The van der Waals surface area contributed by atoms with E-state index < -0.39 is 5.82 Å². The number of halogens is 1. The molecule has 5 nitrogen and oxygen atoms in total. The van der Waals surface area contributed by atoms with Crippen molar-refractivity contribution in [1.82, 2.24) is 4.90 Å². The second-order valence-electron chi connectivity index (χ2n) is 5.18. The third kappa shape index (κ3) is 6.23. The fraction of sp³-hybridized carbons (Fsp3) is 0.467. The number of anilines is 2. The molecule has 1 aromatic rings. The van der Waals surface area contributed by atoms with Crippen molar-refractivity contribution in [3.8, 4) is 6.07 Å². The van der Waals surface area contributed by atoms with E-state index in [4.69, 9.17) is 11.0 Å². The van der Waals surface area contributed by atoms with Crippen LogP contribution < -0.4 is 11.1 Å². The summed E-state index contributed by atoms with van der Waals surface area (Å²) in [5.41, 5.74) is 6.26. The second kappa shape index (κ2) is 8.22. The van der Waals surface area contributed by atoms with Gasteiger partial charge in [0.2, 0.25) is 5.91 Å². The zero-order chi connectivity index (χ0) is 15.8. The number of hydrogen-bond acceptors (Lipinski definition) is 4. The summed E-state index contributed by atoms with van der Waals surface area (Å²) in [5.74, 6) is -0.614. The molecule has 0 radical (unpaired) electrons. The minimum atomic E-state index is -0.432. The predicted molar refractivity (Wildman–Crippen MR) is 81.0 cm³/mol. The van der Waals surface area contributed by atoms with E-state index in [1.807, 2.05) is 18.9 Å². The lowest BCUT2D eigenvalue weighted by molar-refractivity contribution is -0.116. The molecule has 0 saturated carbocycles. The van der Waals surface area contributed by atoms with Gasteiger partial charge < -0.3 is 16.0 Å². The lowest BCUT2D eigenvalue weighted by atomic mass is 10.2. The highest BCUT2D eigenvalue weighted by Gasteiger charge is 2.08. The van der Waals surface area contributed by atoms with Crippen molar-refractivity contribution in [3.05, 3.63) is 24.0 Å². The molecule has 0 aliphatic rings. The highest BCUT2D eigenvalue weighted by atomic mass is 19.1. The number of nitrogens with one attached hydrogen (secondary N) is 1. The number of benzene rings is 1. The van der Waals surface area contributed by atoms with E-state index in [1.54, 1.807) is 0 Å². The zero-order valence-electron chi connectivity index (χ0n) is 12.4. The van der Waals surface area contributed by atoms with Crippen LogP contribution in [0.1, 0.15) is 19.8 Å². The molecule has 114 valence electrons. The van der Waals surface area contributed by atoms with Crippen LogP contribution in [0.25, 0.3) is 0 Å². The molecule has 1 rings (SSSR count). The van der Waals surface area contributed by atoms with Gasteiger partial charge in [-0.15, -0.1) is 0 Å². The maximum atomic E-state index is 12.9. The van der Waals surface area contributed by atoms with Crippen LogP contribution in [-0.2, 0) is 4.79 Å². The van der Waals surface area contributed by atoms with Crippen LogP contribution >= 0.6 is 0 Å². The first-order valence-corrected chi connectivity index (χ1v) is 6.85. The Bertz CT molecular complexity index is 527. The van der Waals surface area contributed by atoms with E-state index in [0.717, 1.165) is 6.54 Å². The fourth-order valence-corrected chi connectivity index (χ4v) is 1.97. The summed E-state index contributed by atoms with van der Waals surface area (Å²) in [6, 6.07) is 6.05. The standard InChI is InChI=1S/C15H21FN4O/c1-11(9-17)10-20(2)7-3-4-15(21)19-14-6-5-12(16)8-13(14)18/h5-6,8,11H,3-4,7,10,18H2,1-2H3,(H,19,21). The van der Waals surface area contributed by atoms with Crippen molar-refractivity contribution in [2.75, 3.05) is 31.2 Å². The molecule has 1 amide bonds. The van der Waals surface area contributed by atoms with Gasteiger partial charge >= 0.3 is 0 Å². The minimum Gasteiger partial charge on any atom is -0.397 e. The van der Waals surface area contributed by atoms with Crippen molar-refractivity contribution in [2.45, 2.75) is 19.8 Å². The van der Waals surface area contributed by atoms with Crippen LogP contribution in [-0.4, -0.2) is 30.9 Å². The lowest BCUT2D eigenvalue weighted by Crippen LogP contribution is -2.25. The average Bonchev–Trinajstić information content (AvgIpc) is 2.41. The van der Waals surface area contributed by atoms with Gasteiger partial charge in [0, 0.05) is 13.0 Å². The van der Waals surface area contributed by atoms with Crippen LogP contribution in [0.5, 0.6) is 0 Å². The van der Waals surface area contributed by atoms with Crippen LogP contribution in [0.4, 0.5) is 15.8 Å². The first-order valence-electron chi connectivity index (χ1n) is 6.85. The number of carbonyl (C=O) groups excluding carboxylic acids is 1. The van der Waals surface area contributed by atoms with E-state index in [1.165, 1.54) is 18.2 Å². The van der Waals surface area contributed by atoms with Gasteiger partial charge in [0.25, 0.3) is 0 Å². The van der Waals surface area contributed by atoms with E-state index in [9.17, 15) is 9.18 Å². The first kappa shape index (κ1) is 16.9. The molecule has 1 atom stereocenters. The SMILES string of the molecule is CC(C#N)CN(C)CCCC(=O)Nc1ccc(F)cc1N. The van der Waals surface area contributed by atoms with Crippen molar-refractivity contribution in [2.24, 2.45) is 5.92 Å². The summed E-state index contributed by atoms with van der Waals surface area (Å²) in [6.45, 7) is 3.28. The molecular weight excluding hydrogens is 271 g/mol. The van der Waals surface area contributed by atoms with Gasteiger partial charge in [-0.25, -0.2) is 4.39 Å². The van der Waals surface area contributed by atoms with Crippen molar-refractivity contribution >= 4 is 17.3 Å². The predicted octanol–water partition coefficient (Wildman–Crippen LogP) is 2.22. The molecule has 0 spiro atoms. The number of nitrogens with zero attached hydrogens (tertiary/aromatic N) is 2. The minimum absolute atomic E-state index is 0.0251. The molecule has 0 heterocycles. The number of nitrogens with two attached hydrogens (primary N) is 1. The maximum absolute atomic E-state index is 12.9. The molecule has 3 N–H and O–H groups in total. The molecule has 0 saturated heterocycles. The van der Waals surface area contributed by atoms with Gasteiger partial charge in [0.15, 0.2) is 0 Å². The Balaban J connectivity index is 2.33. The second-order valence-corrected chi connectivity index (χ2v) is 5.18. The smallest absolute Gasteiger partial charge is 0.224 e. The quantitative estimate of drug-likeness (QED) is 0.755. The number of nitriles is 1. The third-order valence-electron chi connectivity index (χ3n) is 3.04. The number of rotatable bonds is 7. The number of hydrogen-bond donors (Lipinski definition) is 2. The normalized spacial score (nSPS) is 12.0. The number of amides is 1. The van der Waals surface area contributed by atoms with Crippen molar-refractivity contribution in [3.63, 3.8) is 0 Å². The fourth-order valence-electron chi connectivity index (χ4n) is 1.97. The lowest BCUT2D eigenvalue weighted by Gasteiger charge is -2.17. The molecule has 21 heavy (non-hydrogen) atoms. The summed E-state index contributed by atoms with van der Waals surface area (Å²) in [7, 11) is 1.92. The van der Waals surface area contributed by atoms with Crippen molar-refractivity contribution in [1.29, 1.82) is 5.26 Å². The monoisotopic (exact) mass is 292 g/mol. The molecule has 1 unspecified atom stereocenters. The van der Waals surface area contributed by atoms with E-state index >= 15 is 0 Å². The first-order chi connectivity index (χ1) is 9.92. The van der Waals surface area contributed by atoms with Gasteiger partial charge in [-0.1, -0.05) is 0 Å². The van der Waals surface area contributed by atoms with Crippen LogP contribution in [0, 0.1) is 23.1 Å². The number of nitrogen functional groups attached to an aromatic ring is 1. The summed E-state index contributed by atoms with van der Waals surface area (Å²) in [4.78, 5) is 13.8. The molecule has 1 aromatic carbocycles. The summed E-state index contributed by atoms with van der Waals surface area (Å²) in [6.07, 6.45) is 1.03. The van der Waals surface area contributed by atoms with Gasteiger partial charge in [0.1, 0.15) is 5.82 Å². The third-order valence-corrected chi connectivity index (χ3v) is 3.04. The zero-order valence-corrected chi connectivity index (χ0v) is 12.4. The average molecular weight is 292 g/mol. The molecular formula is C15H21FN4O. The topological polar surface area (TPSA) is 82.2 Å². The van der Waals surface area contributed by atoms with Crippen LogP contribution in [0.2, 0.25) is 0 Å². The maximum Gasteiger partial charge on any atom is 0.224 e. The molecule has 0 aliphatic carbocycles. The van der Waals surface area contributed by atoms with E-state index in [-0.39, 0.29) is 17.5 Å². The van der Waals surface area contributed by atoms with Crippen LogP contribution in [0.15, 0.2) is 18.2 Å². The molecule has 0 aliphatic heterocycles. The molecule has 0 fully saturated rings. The van der Waals surface area contributed by atoms with Gasteiger partial charge in [-0.2, -0.15) is 5.26 Å². The molecule has 6 heteroatoms. The summed E-state index contributed by atoms with van der Waals surface area (Å²) in [5, 5.41) is 11.4. The van der Waals surface area contributed by atoms with Gasteiger partial charge in [-0.3, -0.25) is 4.79 Å². The Morgan fingerprint density at radius 3 is 2.90 bits per heavy atom. The number of carbonyl (C=O) groups is 1. The van der Waals surface area contributed by atoms with E-state index in [0.29, 0.717) is 25.1 Å². The van der Waals surface area contributed by atoms with Gasteiger partial charge in [-0.05, 0) is 45.1 Å². The van der Waals surface area contributed by atoms with Crippen molar-refractivity contribution < 1.29 is 9.18 Å². The highest BCUT2D eigenvalue weighted by Crippen LogP contribution is 2.19. The Morgan fingerprint density at radius 2 is 2.29 bits per heavy atom. The molecule has 0 aromatic heterocycles. The Morgan fingerprint density at radius 1 is 1.57 bits per heavy atom. The molecule has 0 bridgehead atoms. The largest absolute Gasteiger partial charge is 0.397 e. The van der Waals surface area contributed by atoms with Crippen LogP contribution in [0.3, 0.4) is 0 Å². The Labute approximate surface area is 124 Å². The highest BCUT2D eigenvalue weighted by molar-refractivity contribution is 5.93. The van der Waals surface area contributed by atoms with E-state index in [2.05, 4.69) is 11.4 Å². The Hall–Kier alpha value is -2.13. The summed E-state index contributed by atoms with van der Waals surface area (Å²) >= 11 is 0. The Kier molecular flexibility index (Phi) is 6.63. The van der Waals surface area contributed by atoms with Gasteiger partial charge in [0.05, 0.1) is 23.4 Å². The summed E-state index contributed by atoms with van der Waals surface area (Å²) < 4.78 is 12.9.